The number of aryl methyl sites for hydroxylation is 2. The van der Waals surface area contributed by atoms with Crippen LogP contribution in [0.4, 0.5) is 0 Å². The second-order valence-electron chi connectivity index (χ2n) is 8.50. The van der Waals surface area contributed by atoms with Crippen molar-refractivity contribution in [3.8, 4) is 0 Å². The molecule has 1 aromatic heterocycles. The molecule has 3 heterocycles. The first-order chi connectivity index (χ1) is 12.1. The number of nitrogens with one attached hydrogen (secondary N) is 1. The van der Waals surface area contributed by atoms with E-state index in [1.165, 1.54) is 79.6 Å². The van der Waals surface area contributed by atoms with Crippen molar-refractivity contribution in [2.75, 3.05) is 26.2 Å². The van der Waals surface area contributed by atoms with Crippen molar-refractivity contribution in [2.24, 2.45) is 5.92 Å². The number of H-pyrrole nitrogens is 1. The van der Waals surface area contributed by atoms with Crippen LogP contribution in [-0.4, -0.2) is 47.0 Å². The van der Waals surface area contributed by atoms with Crippen LogP contribution in [0.5, 0.6) is 0 Å². The molecule has 0 spiro atoms. The zero-order valence-electron chi connectivity index (χ0n) is 16.1. The third kappa shape index (κ3) is 3.63. The van der Waals surface area contributed by atoms with E-state index in [1.807, 2.05) is 0 Å². The van der Waals surface area contributed by atoms with Crippen molar-refractivity contribution in [3.63, 3.8) is 0 Å². The van der Waals surface area contributed by atoms with Gasteiger partial charge < -0.3 is 9.88 Å². The Morgan fingerprint density at radius 1 is 1.00 bits per heavy atom. The molecule has 0 amide bonds. The minimum absolute atomic E-state index is 0.829. The first-order valence-electron chi connectivity index (χ1n) is 10.1. The summed E-state index contributed by atoms with van der Waals surface area (Å²) in [6, 6.07) is 7.57. The maximum atomic E-state index is 3.67. The van der Waals surface area contributed by atoms with Gasteiger partial charge in [-0.3, -0.25) is 4.90 Å². The summed E-state index contributed by atoms with van der Waals surface area (Å²) in [5.74, 6) is 0.935. The second-order valence-corrected chi connectivity index (χ2v) is 8.50. The normalized spacial score (nSPS) is 22.0. The third-order valence-corrected chi connectivity index (χ3v) is 6.59. The van der Waals surface area contributed by atoms with Crippen molar-refractivity contribution in [1.82, 2.24) is 14.8 Å². The van der Waals surface area contributed by atoms with Gasteiger partial charge in [-0.25, -0.2) is 0 Å². The molecule has 0 saturated carbocycles. The predicted molar refractivity (Wildman–Crippen MR) is 106 cm³/mol. The van der Waals surface area contributed by atoms with E-state index in [0.717, 1.165) is 18.5 Å². The summed E-state index contributed by atoms with van der Waals surface area (Å²) < 4.78 is 0. The molecule has 0 unspecified atom stereocenters. The van der Waals surface area contributed by atoms with E-state index >= 15 is 0 Å². The van der Waals surface area contributed by atoms with Gasteiger partial charge in [0.2, 0.25) is 0 Å². The Balaban J connectivity index is 1.36. The van der Waals surface area contributed by atoms with E-state index in [2.05, 4.69) is 53.8 Å². The van der Waals surface area contributed by atoms with Gasteiger partial charge in [0, 0.05) is 42.3 Å². The van der Waals surface area contributed by atoms with Gasteiger partial charge >= 0.3 is 0 Å². The fourth-order valence-electron chi connectivity index (χ4n) is 4.71. The Labute approximate surface area is 152 Å². The quantitative estimate of drug-likeness (QED) is 0.890. The molecule has 1 N–H and O–H groups in total. The molecule has 2 fully saturated rings. The lowest BCUT2D eigenvalue weighted by atomic mass is 9.95. The van der Waals surface area contributed by atoms with E-state index < -0.39 is 0 Å². The number of benzene rings is 1. The van der Waals surface area contributed by atoms with Crippen LogP contribution >= 0.6 is 0 Å². The molecule has 0 atom stereocenters. The summed E-state index contributed by atoms with van der Waals surface area (Å²) in [7, 11) is 0. The third-order valence-electron chi connectivity index (χ3n) is 6.59. The summed E-state index contributed by atoms with van der Waals surface area (Å²) in [6.45, 7) is 13.1. The van der Waals surface area contributed by atoms with Crippen molar-refractivity contribution in [2.45, 2.75) is 59.0 Å². The number of fused-ring (bicyclic) bond motifs is 1. The van der Waals surface area contributed by atoms with Gasteiger partial charge in [0.25, 0.3) is 0 Å². The summed E-state index contributed by atoms with van der Waals surface area (Å²) in [5.41, 5.74) is 5.48. The second kappa shape index (κ2) is 7.13. The molecule has 1 aromatic carbocycles. The molecule has 4 rings (SSSR count). The number of likely N-dealkylation sites (tertiary alicyclic amines) is 2. The standard InChI is InChI=1S/C22H33N3/c1-16-6-12-25(13-7-16)19-8-10-24(11-9-19)15-22-18(3)20-14-17(2)4-5-21(20)23-22/h4-5,14,16,19,23H,6-13,15H2,1-3H3. The molecule has 2 aliphatic heterocycles. The first kappa shape index (κ1) is 17.1. The van der Waals surface area contributed by atoms with Crippen LogP contribution in [0.25, 0.3) is 10.9 Å². The predicted octanol–water partition coefficient (Wildman–Crippen LogP) is 4.48. The summed E-state index contributed by atoms with van der Waals surface area (Å²) in [4.78, 5) is 9.08. The average molecular weight is 340 g/mol. The molecule has 3 nitrogen and oxygen atoms in total. The Morgan fingerprint density at radius 3 is 2.44 bits per heavy atom. The van der Waals surface area contributed by atoms with E-state index in [9.17, 15) is 0 Å². The zero-order chi connectivity index (χ0) is 17.4. The number of nitrogens with zero attached hydrogens (tertiary/aromatic N) is 2. The molecule has 2 saturated heterocycles. The molecule has 2 aliphatic rings. The molecule has 3 heteroatoms. The maximum absolute atomic E-state index is 3.67. The van der Waals surface area contributed by atoms with Crippen LogP contribution in [0.3, 0.4) is 0 Å². The van der Waals surface area contributed by atoms with E-state index in [1.54, 1.807) is 0 Å². The lowest BCUT2D eigenvalue weighted by Gasteiger charge is -2.41. The minimum Gasteiger partial charge on any atom is -0.357 e. The molecule has 0 aliphatic carbocycles. The van der Waals surface area contributed by atoms with Crippen LogP contribution in [0, 0.1) is 19.8 Å². The number of hydrogen-bond donors (Lipinski definition) is 1. The lowest BCUT2D eigenvalue weighted by Crippen LogP contribution is -2.47. The molecule has 25 heavy (non-hydrogen) atoms. The molecular weight excluding hydrogens is 306 g/mol. The number of hydrogen-bond acceptors (Lipinski definition) is 2. The van der Waals surface area contributed by atoms with Crippen LogP contribution in [-0.2, 0) is 6.54 Å². The van der Waals surface area contributed by atoms with Gasteiger partial charge in [-0.05, 0) is 76.2 Å². The van der Waals surface area contributed by atoms with Gasteiger partial charge in [-0.15, -0.1) is 0 Å². The van der Waals surface area contributed by atoms with Crippen LogP contribution in [0.1, 0.15) is 49.4 Å². The van der Waals surface area contributed by atoms with Gasteiger partial charge in [-0.1, -0.05) is 18.6 Å². The summed E-state index contributed by atoms with van der Waals surface area (Å²) in [5, 5.41) is 1.40. The zero-order valence-corrected chi connectivity index (χ0v) is 16.1. The highest BCUT2D eigenvalue weighted by Crippen LogP contribution is 2.27. The van der Waals surface area contributed by atoms with Crippen molar-refractivity contribution in [3.05, 3.63) is 35.0 Å². The monoisotopic (exact) mass is 339 g/mol. The SMILES string of the molecule is Cc1ccc2[nH]c(CN3CCC(N4CCC(C)CC4)CC3)c(C)c2c1. The topological polar surface area (TPSA) is 22.3 Å². The minimum atomic E-state index is 0.829. The lowest BCUT2D eigenvalue weighted by molar-refractivity contribution is 0.0775. The fraction of sp³-hybridized carbons (Fsp3) is 0.636. The first-order valence-corrected chi connectivity index (χ1v) is 10.1. The van der Waals surface area contributed by atoms with E-state index in [0.29, 0.717) is 0 Å². The Kier molecular flexibility index (Phi) is 4.88. The molecule has 0 bridgehead atoms. The number of aromatic amines is 1. The summed E-state index contributed by atoms with van der Waals surface area (Å²) >= 11 is 0. The van der Waals surface area contributed by atoms with E-state index in [-0.39, 0.29) is 0 Å². The van der Waals surface area contributed by atoms with Gasteiger partial charge in [-0.2, -0.15) is 0 Å². The van der Waals surface area contributed by atoms with Crippen LogP contribution in [0.15, 0.2) is 18.2 Å². The molecule has 2 aromatic rings. The van der Waals surface area contributed by atoms with Gasteiger partial charge in [0.1, 0.15) is 0 Å². The van der Waals surface area contributed by atoms with Crippen molar-refractivity contribution >= 4 is 10.9 Å². The Bertz CT molecular complexity index is 716. The highest BCUT2D eigenvalue weighted by Gasteiger charge is 2.27. The van der Waals surface area contributed by atoms with Crippen LogP contribution in [0.2, 0.25) is 0 Å². The number of aromatic nitrogens is 1. The van der Waals surface area contributed by atoms with Gasteiger partial charge in [0.15, 0.2) is 0 Å². The molecule has 0 radical (unpaired) electrons. The summed E-state index contributed by atoms with van der Waals surface area (Å²) in [6.07, 6.45) is 5.47. The molecule has 136 valence electrons. The van der Waals surface area contributed by atoms with E-state index in [4.69, 9.17) is 0 Å². The average Bonchev–Trinajstić information content (AvgIpc) is 2.92. The Morgan fingerprint density at radius 2 is 1.72 bits per heavy atom. The fourth-order valence-corrected chi connectivity index (χ4v) is 4.71. The molecular formula is C22H33N3. The highest BCUT2D eigenvalue weighted by molar-refractivity contribution is 5.85. The largest absolute Gasteiger partial charge is 0.357 e. The van der Waals surface area contributed by atoms with Crippen LogP contribution < -0.4 is 0 Å². The smallest absolute Gasteiger partial charge is 0.0459 e. The highest BCUT2D eigenvalue weighted by atomic mass is 15.2. The van der Waals surface area contributed by atoms with Crippen molar-refractivity contribution < 1.29 is 0 Å². The number of rotatable bonds is 3. The Hall–Kier alpha value is -1.32. The van der Waals surface area contributed by atoms with Crippen molar-refractivity contribution in [1.29, 1.82) is 0 Å². The maximum Gasteiger partial charge on any atom is 0.0459 e. The number of piperidine rings is 2. The van der Waals surface area contributed by atoms with Gasteiger partial charge in [0.05, 0.1) is 0 Å².